The van der Waals surface area contributed by atoms with Gasteiger partial charge in [-0.25, -0.2) is 9.18 Å². The van der Waals surface area contributed by atoms with Gasteiger partial charge in [-0.2, -0.15) is 0 Å². The summed E-state index contributed by atoms with van der Waals surface area (Å²) in [5.74, 6) is -0.270. The van der Waals surface area contributed by atoms with E-state index in [0.29, 0.717) is 13.2 Å². The van der Waals surface area contributed by atoms with Gasteiger partial charge >= 0.3 is 6.09 Å². The molecule has 0 unspecified atom stereocenters. The van der Waals surface area contributed by atoms with Gasteiger partial charge in [0, 0.05) is 29.1 Å². The molecule has 0 aliphatic heterocycles. The summed E-state index contributed by atoms with van der Waals surface area (Å²) >= 11 is 0. The third-order valence-electron chi connectivity index (χ3n) is 3.32. The van der Waals surface area contributed by atoms with Crippen molar-refractivity contribution in [1.29, 1.82) is 0 Å². The molecular weight excluding hydrogens is 259 g/mol. The van der Waals surface area contributed by atoms with Crippen LogP contribution in [0.1, 0.15) is 26.3 Å². The quantitative estimate of drug-likeness (QED) is 0.901. The first kappa shape index (κ1) is 14.4. The number of H-pyrrole nitrogens is 1. The highest BCUT2D eigenvalue weighted by Crippen LogP contribution is 2.30. The molecule has 1 heterocycles. The molecule has 0 aliphatic rings. The Morgan fingerprint density at radius 3 is 2.90 bits per heavy atom. The van der Waals surface area contributed by atoms with E-state index in [2.05, 4.69) is 10.3 Å². The molecule has 0 radical (unpaired) electrons. The summed E-state index contributed by atoms with van der Waals surface area (Å²) in [7, 11) is 0. The Bertz CT molecular complexity index is 619. The number of rotatable bonds is 4. The van der Waals surface area contributed by atoms with E-state index in [4.69, 9.17) is 4.74 Å². The molecule has 0 spiro atoms. The number of nitrogens with one attached hydrogen (secondary N) is 2. The minimum atomic E-state index is -0.425. The number of alkyl carbamates (subject to hydrolysis) is 1. The highest BCUT2D eigenvalue weighted by Gasteiger charge is 2.25. The molecule has 2 rings (SSSR count). The maximum Gasteiger partial charge on any atom is 0.407 e. The van der Waals surface area contributed by atoms with Gasteiger partial charge in [0.25, 0.3) is 0 Å². The lowest BCUT2D eigenvalue weighted by Crippen LogP contribution is -2.36. The first-order valence-corrected chi connectivity index (χ1v) is 6.62. The molecule has 1 aromatic carbocycles. The Morgan fingerprint density at radius 1 is 1.45 bits per heavy atom. The predicted molar refractivity (Wildman–Crippen MR) is 76.3 cm³/mol. The number of aromatic amines is 1. The molecule has 5 heteroatoms. The zero-order chi connectivity index (χ0) is 14.8. The van der Waals surface area contributed by atoms with Gasteiger partial charge in [-0.1, -0.05) is 13.8 Å². The maximum absolute atomic E-state index is 13.2. The molecule has 4 nitrogen and oxygen atoms in total. The van der Waals surface area contributed by atoms with Crippen molar-refractivity contribution < 1.29 is 13.9 Å². The van der Waals surface area contributed by atoms with Crippen LogP contribution in [0.25, 0.3) is 10.9 Å². The summed E-state index contributed by atoms with van der Waals surface area (Å²) in [6.07, 6.45) is 1.43. The number of ether oxygens (including phenoxy) is 1. The second-order valence-electron chi connectivity index (χ2n) is 5.35. The fourth-order valence-corrected chi connectivity index (χ4v) is 2.23. The lowest BCUT2D eigenvalue weighted by molar-refractivity contribution is 0.150. The number of aromatic nitrogens is 1. The zero-order valence-corrected chi connectivity index (χ0v) is 11.9. The third-order valence-corrected chi connectivity index (χ3v) is 3.32. The first-order valence-electron chi connectivity index (χ1n) is 6.62. The number of amides is 1. The van der Waals surface area contributed by atoms with Gasteiger partial charge in [0.15, 0.2) is 0 Å². The summed E-state index contributed by atoms with van der Waals surface area (Å²) in [4.78, 5) is 14.4. The summed E-state index contributed by atoms with van der Waals surface area (Å²) in [5, 5.41) is 3.70. The standard InChI is InChI=1S/C15H19FN2O2/c1-4-20-14(19)18-9-15(2,3)12-8-17-13-7-10(16)5-6-11(12)13/h5-8,17H,4,9H2,1-3H3,(H,18,19). The van der Waals surface area contributed by atoms with Crippen molar-refractivity contribution in [2.75, 3.05) is 13.2 Å². The van der Waals surface area contributed by atoms with Gasteiger partial charge in [0.05, 0.1) is 6.61 Å². The smallest absolute Gasteiger partial charge is 0.407 e. The predicted octanol–water partition coefficient (Wildman–Crippen LogP) is 3.33. The minimum absolute atomic E-state index is 0.270. The molecule has 0 atom stereocenters. The average molecular weight is 278 g/mol. The molecule has 0 saturated carbocycles. The Morgan fingerprint density at radius 2 is 2.20 bits per heavy atom. The van der Waals surface area contributed by atoms with E-state index >= 15 is 0 Å². The number of benzene rings is 1. The Hall–Kier alpha value is -2.04. The van der Waals surface area contributed by atoms with E-state index in [1.165, 1.54) is 12.1 Å². The van der Waals surface area contributed by atoms with E-state index < -0.39 is 6.09 Å². The summed E-state index contributed by atoms with van der Waals surface area (Å²) in [5.41, 5.74) is 1.50. The summed E-state index contributed by atoms with van der Waals surface area (Å²) in [6.45, 7) is 6.59. The minimum Gasteiger partial charge on any atom is -0.450 e. The highest BCUT2D eigenvalue weighted by atomic mass is 19.1. The summed E-state index contributed by atoms with van der Waals surface area (Å²) < 4.78 is 18.0. The van der Waals surface area contributed by atoms with Crippen molar-refractivity contribution in [3.05, 3.63) is 35.8 Å². The van der Waals surface area contributed by atoms with Crippen LogP contribution in [0, 0.1) is 5.82 Å². The molecule has 0 fully saturated rings. The lowest BCUT2D eigenvalue weighted by atomic mass is 9.84. The van der Waals surface area contributed by atoms with Crippen LogP contribution < -0.4 is 5.32 Å². The van der Waals surface area contributed by atoms with Crippen LogP contribution in [-0.2, 0) is 10.2 Å². The Kier molecular flexibility index (Phi) is 3.97. The van der Waals surface area contributed by atoms with Gasteiger partial charge in [0.2, 0.25) is 0 Å². The van der Waals surface area contributed by atoms with Crippen LogP contribution in [0.4, 0.5) is 9.18 Å². The topological polar surface area (TPSA) is 54.1 Å². The van der Waals surface area contributed by atoms with E-state index in [1.54, 1.807) is 13.0 Å². The molecule has 108 valence electrons. The van der Waals surface area contributed by atoms with Crippen LogP contribution in [0.3, 0.4) is 0 Å². The molecule has 0 bridgehead atoms. The van der Waals surface area contributed by atoms with E-state index in [-0.39, 0.29) is 11.2 Å². The van der Waals surface area contributed by atoms with E-state index in [1.807, 2.05) is 20.0 Å². The SMILES string of the molecule is CCOC(=O)NCC(C)(C)c1c[nH]c2cc(F)ccc12. The Balaban J connectivity index is 2.21. The second-order valence-corrected chi connectivity index (χ2v) is 5.35. The van der Waals surface area contributed by atoms with E-state index in [9.17, 15) is 9.18 Å². The molecule has 2 N–H and O–H groups in total. The third kappa shape index (κ3) is 2.92. The van der Waals surface area contributed by atoms with Gasteiger partial charge in [-0.15, -0.1) is 0 Å². The van der Waals surface area contributed by atoms with Crippen molar-refractivity contribution in [1.82, 2.24) is 10.3 Å². The zero-order valence-electron chi connectivity index (χ0n) is 11.9. The lowest BCUT2D eigenvalue weighted by Gasteiger charge is -2.24. The average Bonchev–Trinajstić information content (AvgIpc) is 2.80. The van der Waals surface area contributed by atoms with Crippen LogP contribution in [0.2, 0.25) is 0 Å². The molecule has 1 amide bonds. The first-order chi connectivity index (χ1) is 9.44. The van der Waals surface area contributed by atoms with Crippen molar-refractivity contribution >= 4 is 17.0 Å². The monoisotopic (exact) mass is 278 g/mol. The molecule has 2 aromatic rings. The van der Waals surface area contributed by atoms with Gasteiger partial charge in [-0.05, 0) is 30.7 Å². The van der Waals surface area contributed by atoms with Crippen molar-refractivity contribution in [2.45, 2.75) is 26.2 Å². The van der Waals surface area contributed by atoms with Crippen molar-refractivity contribution in [2.24, 2.45) is 0 Å². The summed E-state index contributed by atoms with van der Waals surface area (Å²) in [6, 6.07) is 4.66. The van der Waals surface area contributed by atoms with Crippen LogP contribution in [0.15, 0.2) is 24.4 Å². The normalized spacial score (nSPS) is 11.6. The molecular formula is C15H19FN2O2. The molecule has 0 saturated heterocycles. The van der Waals surface area contributed by atoms with Crippen LogP contribution in [0.5, 0.6) is 0 Å². The molecule has 20 heavy (non-hydrogen) atoms. The molecule has 0 aliphatic carbocycles. The fourth-order valence-electron chi connectivity index (χ4n) is 2.23. The number of carbonyl (C=O) groups is 1. The van der Waals surface area contributed by atoms with Crippen molar-refractivity contribution in [3.63, 3.8) is 0 Å². The van der Waals surface area contributed by atoms with Crippen molar-refractivity contribution in [3.8, 4) is 0 Å². The highest BCUT2D eigenvalue weighted by molar-refractivity contribution is 5.84. The number of hydrogen-bond acceptors (Lipinski definition) is 2. The number of hydrogen-bond donors (Lipinski definition) is 2. The van der Waals surface area contributed by atoms with Crippen LogP contribution >= 0.6 is 0 Å². The largest absolute Gasteiger partial charge is 0.450 e. The second kappa shape index (κ2) is 5.53. The van der Waals surface area contributed by atoms with Gasteiger partial charge < -0.3 is 15.0 Å². The van der Waals surface area contributed by atoms with Gasteiger partial charge in [0.1, 0.15) is 5.82 Å². The fraction of sp³-hybridized carbons (Fsp3) is 0.400. The molecule has 1 aromatic heterocycles. The number of carbonyl (C=O) groups excluding carboxylic acids is 1. The van der Waals surface area contributed by atoms with Crippen LogP contribution in [-0.4, -0.2) is 24.2 Å². The van der Waals surface area contributed by atoms with Gasteiger partial charge in [-0.3, -0.25) is 0 Å². The Labute approximate surface area is 117 Å². The maximum atomic E-state index is 13.2. The van der Waals surface area contributed by atoms with E-state index in [0.717, 1.165) is 16.5 Å². The number of fused-ring (bicyclic) bond motifs is 1. The number of halogens is 1.